The number of allylic oxidation sites excluding steroid dienone is 3. The molecule has 1 amide bonds. The van der Waals surface area contributed by atoms with Crippen LogP contribution in [0.25, 0.3) is 0 Å². The SMILES string of the molecule is CCCCCCCCCC/C=C\CCCCCCCCCCCCCCCCCCCCCCCCCC(=O)NC(COC1OC(CO)C(OC2OC(CO)C(OC3OC(CO)C(O)C(O)C3O)C(O)C2O)C(O)C1O)C(O)/C=C/CCCCCCCCCCCCCCCCCCCCCCCCCCCCCCC. The number of carbonyl (C=O) groups excluding carboxylic acids is 1. The predicted molar refractivity (Wildman–Crippen MR) is 448 cm³/mol. The van der Waals surface area contributed by atoms with Gasteiger partial charge in [-0.2, -0.15) is 0 Å². The van der Waals surface area contributed by atoms with Crippen LogP contribution >= 0.6 is 0 Å². The van der Waals surface area contributed by atoms with Gasteiger partial charge in [-0.15, -0.1) is 0 Å². The Morgan fingerprint density at radius 1 is 0.315 bits per heavy atom. The average molecular weight is 1580 g/mol. The Balaban J connectivity index is 1.31. The molecular weight excluding hydrogens is 1410 g/mol. The van der Waals surface area contributed by atoms with E-state index in [1.54, 1.807) is 6.08 Å². The van der Waals surface area contributed by atoms with Gasteiger partial charge < -0.3 is 89.9 Å². The summed E-state index contributed by atoms with van der Waals surface area (Å²) in [5, 5.41) is 121. The summed E-state index contributed by atoms with van der Waals surface area (Å²) < 4.78 is 34.6. The number of hydrogen-bond acceptors (Lipinski definition) is 18. The van der Waals surface area contributed by atoms with Gasteiger partial charge in [0, 0.05) is 6.42 Å². The van der Waals surface area contributed by atoms with Gasteiger partial charge in [0.15, 0.2) is 18.9 Å². The molecule has 0 aliphatic carbocycles. The van der Waals surface area contributed by atoms with Crippen molar-refractivity contribution in [1.82, 2.24) is 5.32 Å². The number of amides is 1. The molecule has 0 radical (unpaired) electrons. The first-order valence-electron chi connectivity index (χ1n) is 47.1. The molecule has 3 rings (SSSR count). The number of nitrogens with one attached hydrogen (secondary N) is 1. The van der Waals surface area contributed by atoms with Gasteiger partial charge in [0.2, 0.25) is 5.91 Å². The van der Waals surface area contributed by atoms with Crippen molar-refractivity contribution >= 4 is 5.91 Å². The molecule has 3 saturated heterocycles. The Labute approximate surface area is 677 Å². The van der Waals surface area contributed by atoms with Gasteiger partial charge in [0.1, 0.15) is 73.2 Å². The van der Waals surface area contributed by atoms with E-state index in [1.165, 1.54) is 353 Å². The van der Waals surface area contributed by atoms with Crippen molar-refractivity contribution in [3.05, 3.63) is 24.3 Å². The van der Waals surface area contributed by atoms with Crippen molar-refractivity contribution in [2.75, 3.05) is 26.4 Å². The summed E-state index contributed by atoms with van der Waals surface area (Å²) in [6.07, 6.45) is 64.9. The lowest BCUT2D eigenvalue weighted by atomic mass is 9.96. The third-order valence-electron chi connectivity index (χ3n) is 23.7. The first-order valence-corrected chi connectivity index (χ1v) is 47.1. The largest absolute Gasteiger partial charge is 0.394 e. The molecule has 17 atom stereocenters. The zero-order valence-corrected chi connectivity index (χ0v) is 71.0. The van der Waals surface area contributed by atoms with Crippen molar-refractivity contribution in [2.24, 2.45) is 0 Å². The lowest BCUT2D eigenvalue weighted by Crippen LogP contribution is -2.66. The molecule has 0 aromatic heterocycles. The molecule has 19 nitrogen and oxygen atoms in total. The second kappa shape index (κ2) is 72.3. The molecule has 0 spiro atoms. The average Bonchev–Trinajstić information content (AvgIpc) is 0.780. The molecule has 3 aliphatic heterocycles. The summed E-state index contributed by atoms with van der Waals surface area (Å²) in [6, 6.07) is -0.973. The zero-order valence-electron chi connectivity index (χ0n) is 71.0. The first-order chi connectivity index (χ1) is 54.3. The molecule has 0 aromatic rings. The highest BCUT2D eigenvalue weighted by atomic mass is 16.8. The summed E-state index contributed by atoms with van der Waals surface area (Å²) in [7, 11) is 0. The van der Waals surface area contributed by atoms with Crippen LogP contribution < -0.4 is 5.32 Å². The van der Waals surface area contributed by atoms with Crippen LogP contribution in [0.4, 0.5) is 0 Å². The van der Waals surface area contributed by atoms with E-state index < -0.39 is 124 Å². The molecule has 656 valence electrons. The Kier molecular flexibility index (Phi) is 67.4. The smallest absolute Gasteiger partial charge is 0.220 e. The molecule has 0 bridgehead atoms. The second-order valence-corrected chi connectivity index (χ2v) is 33.8. The van der Waals surface area contributed by atoms with Crippen LogP contribution in [-0.4, -0.2) is 193 Å². The van der Waals surface area contributed by atoms with Gasteiger partial charge >= 0.3 is 0 Å². The Morgan fingerprint density at radius 3 is 0.874 bits per heavy atom. The van der Waals surface area contributed by atoms with Gasteiger partial charge in [0.05, 0.1) is 38.6 Å². The molecule has 111 heavy (non-hydrogen) atoms. The van der Waals surface area contributed by atoms with Gasteiger partial charge in [-0.25, -0.2) is 0 Å². The maximum Gasteiger partial charge on any atom is 0.220 e. The van der Waals surface area contributed by atoms with Crippen LogP contribution in [0.3, 0.4) is 0 Å². The predicted octanol–water partition coefficient (Wildman–Crippen LogP) is 18.4. The lowest BCUT2D eigenvalue weighted by Gasteiger charge is -2.48. The van der Waals surface area contributed by atoms with Gasteiger partial charge in [-0.05, 0) is 44.9 Å². The van der Waals surface area contributed by atoms with Crippen LogP contribution in [-0.2, 0) is 33.2 Å². The summed E-state index contributed by atoms with van der Waals surface area (Å²) in [6.45, 7) is 1.82. The van der Waals surface area contributed by atoms with Crippen molar-refractivity contribution in [3.8, 4) is 0 Å². The summed E-state index contributed by atoms with van der Waals surface area (Å²) >= 11 is 0. The first kappa shape index (κ1) is 103. The van der Waals surface area contributed by atoms with E-state index in [0.717, 1.165) is 44.9 Å². The summed E-state index contributed by atoms with van der Waals surface area (Å²) in [4.78, 5) is 13.5. The Bertz CT molecular complexity index is 2090. The second-order valence-electron chi connectivity index (χ2n) is 33.8. The minimum atomic E-state index is -1.98. The van der Waals surface area contributed by atoms with E-state index in [2.05, 4.69) is 31.3 Å². The maximum absolute atomic E-state index is 13.5. The number of rotatable bonds is 78. The lowest BCUT2D eigenvalue weighted by molar-refractivity contribution is -0.379. The number of ether oxygens (including phenoxy) is 6. The minimum absolute atomic E-state index is 0.249. The number of unbranched alkanes of at least 4 members (excludes halogenated alkanes) is 60. The molecule has 0 aromatic carbocycles. The molecule has 0 saturated carbocycles. The molecule has 12 N–H and O–H groups in total. The van der Waals surface area contributed by atoms with E-state index >= 15 is 0 Å². The minimum Gasteiger partial charge on any atom is -0.394 e. The third kappa shape index (κ3) is 50.7. The van der Waals surface area contributed by atoms with Crippen LogP contribution in [0.15, 0.2) is 24.3 Å². The Hall–Kier alpha value is -1.73. The van der Waals surface area contributed by atoms with E-state index in [4.69, 9.17) is 28.4 Å². The highest BCUT2D eigenvalue weighted by Gasteiger charge is 2.54. The normalized spacial score (nSPS) is 25.1. The fourth-order valence-electron chi connectivity index (χ4n) is 16.3. The van der Waals surface area contributed by atoms with Crippen LogP contribution in [0.2, 0.25) is 0 Å². The fraction of sp³-hybridized carbons (Fsp3) is 0.946. The molecule has 3 heterocycles. The number of aliphatic hydroxyl groups excluding tert-OH is 11. The zero-order chi connectivity index (χ0) is 80.3. The third-order valence-corrected chi connectivity index (χ3v) is 23.7. The van der Waals surface area contributed by atoms with Crippen molar-refractivity contribution < 1.29 is 89.4 Å². The Morgan fingerprint density at radius 2 is 0.568 bits per heavy atom. The van der Waals surface area contributed by atoms with Crippen LogP contribution in [0.5, 0.6) is 0 Å². The molecule has 3 fully saturated rings. The summed E-state index contributed by atoms with van der Waals surface area (Å²) in [5.41, 5.74) is 0. The van der Waals surface area contributed by atoms with Crippen LogP contribution in [0.1, 0.15) is 425 Å². The van der Waals surface area contributed by atoms with E-state index in [9.17, 15) is 61.0 Å². The standard InChI is InChI=1S/C92H175NO18/c1-3-5-7-9-11-13-15-17-19-21-23-25-27-29-31-33-35-36-37-38-40-42-44-46-48-50-52-54-56-58-60-62-64-66-68-70-80(98)93-75(76(97)69-67-65-63-61-59-57-55-53-51-49-47-45-43-41-39-34-32-30-28-26-24-22-20-18-16-14-12-10-8-6-4-2)74-106-90-86(104)83(101)88(78(72-95)108-90)111-92-87(105)84(102)89(79(73-96)109-92)110-91-85(103)82(100)81(99)77(71-94)107-91/h21,23,67,69,75-79,81-92,94-97,99-105H,3-20,22,24-66,68,70-74H2,1-2H3,(H,93,98)/b23-21-,69-67+. The molecule has 19 heteroatoms. The highest BCUT2D eigenvalue weighted by Crippen LogP contribution is 2.34. The van der Waals surface area contributed by atoms with Crippen molar-refractivity contribution in [1.29, 1.82) is 0 Å². The maximum atomic E-state index is 13.5. The molecule has 3 aliphatic rings. The highest BCUT2D eigenvalue weighted by molar-refractivity contribution is 5.76. The van der Waals surface area contributed by atoms with Gasteiger partial charge in [-0.1, -0.05) is 398 Å². The monoisotopic (exact) mass is 1580 g/mol. The van der Waals surface area contributed by atoms with Gasteiger partial charge in [0.25, 0.3) is 0 Å². The topological polar surface area (TPSA) is 307 Å². The molecular formula is C92H175NO18. The summed E-state index contributed by atoms with van der Waals surface area (Å²) in [5.74, 6) is -0.265. The number of carbonyl (C=O) groups is 1. The van der Waals surface area contributed by atoms with E-state index in [-0.39, 0.29) is 18.9 Å². The number of aliphatic hydroxyl groups is 11. The van der Waals surface area contributed by atoms with Crippen molar-refractivity contribution in [3.63, 3.8) is 0 Å². The van der Waals surface area contributed by atoms with Crippen molar-refractivity contribution in [2.45, 2.75) is 529 Å². The number of hydrogen-bond donors (Lipinski definition) is 12. The fourth-order valence-corrected chi connectivity index (χ4v) is 16.3. The van der Waals surface area contributed by atoms with Crippen LogP contribution in [0, 0.1) is 0 Å². The van der Waals surface area contributed by atoms with Gasteiger partial charge in [-0.3, -0.25) is 4.79 Å². The molecule has 17 unspecified atom stereocenters. The quantitative estimate of drug-likeness (QED) is 0.0199. The van der Waals surface area contributed by atoms with E-state index in [0.29, 0.717) is 6.42 Å². The van der Waals surface area contributed by atoms with E-state index in [1.807, 2.05) is 6.08 Å².